The Kier molecular flexibility index (Phi) is 4.98. The fraction of sp³-hybridized carbons (Fsp3) is 0.421. The maximum absolute atomic E-state index is 13.9. The van der Waals surface area contributed by atoms with E-state index in [0.717, 1.165) is 30.3 Å². The summed E-state index contributed by atoms with van der Waals surface area (Å²) in [6, 6.07) is 4.05. The Labute approximate surface area is 150 Å². The Balaban J connectivity index is 1.85. The van der Waals surface area contributed by atoms with Crippen LogP contribution in [0.1, 0.15) is 52.2 Å². The smallest absolute Gasteiger partial charge is 0.262 e. The third kappa shape index (κ3) is 3.43. The first-order valence-corrected chi connectivity index (χ1v) is 8.44. The molecule has 0 unspecified atom stereocenters. The second-order valence-corrected chi connectivity index (χ2v) is 6.57. The number of hydrogen-bond acceptors (Lipinski definition) is 2. The fourth-order valence-electron chi connectivity index (χ4n) is 3.29. The highest BCUT2D eigenvalue weighted by Crippen LogP contribution is 2.38. The maximum atomic E-state index is 13.9. The maximum Gasteiger partial charge on any atom is 0.262 e. The SMILES string of the molecule is COc1ccc([C@H](NC(=O)c2cc(C)n(C3CC3)c2C)C(F)F)cc1F. The van der Waals surface area contributed by atoms with Crippen LogP contribution in [0.3, 0.4) is 0 Å². The third-order valence-corrected chi connectivity index (χ3v) is 4.71. The predicted molar refractivity (Wildman–Crippen MR) is 91.3 cm³/mol. The minimum Gasteiger partial charge on any atom is -0.494 e. The summed E-state index contributed by atoms with van der Waals surface area (Å²) in [6.45, 7) is 3.70. The van der Waals surface area contributed by atoms with E-state index in [1.54, 1.807) is 6.07 Å². The molecule has 140 valence electrons. The van der Waals surface area contributed by atoms with Crippen LogP contribution >= 0.6 is 0 Å². The number of aromatic nitrogens is 1. The van der Waals surface area contributed by atoms with Crippen LogP contribution in [-0.2, 0) is 0 Å². The van der Waals surface area contributed by atoms with Gasteiger partial charge in [-0.05, 0) is 50.5 Å². The first-order valence-electron chi connectivity index (χ1n) is 8.44. The summed E-state index contributed by atoms with van der Waals surface area (Å²) < 4.78 is 47.8. The van der Waals surface area contributed by atoms with E-state index in [4.69, 9.17) is 4.74 Å². The number of nitrogens with one attached hydrogen (secondary N) is 1. The number of halogens is 3. The van der Waals surface area contributed by atoms with Crippen LogP contribution in [0.4, 0.5) is 13.2 Å². The molecule has 3 rings (SSSR count). The van der Waals surface area contributed by atoms with Gasteiger partial charge in [-0.25, -0.2) is 13.2 Å². The third-order valence-electron chi connectivity index (χ3n) is 4.71. The summed E-state index contributed by atoms with van der Waals surface area (Å²) >= 11 is 0. The van der Waals surface area contributed by atoms with Gasteiger partial charge in [0.2, 0.25) is 0 Å². The van der Waals surface area contributed by atoms with Crippen LogP contribution in [0, 0.1) is 19.7 Å². The van der Waals surface area contributed by atoms with Gasteiger partial charge in [0.25, 0.3) is 12.3 Å². The molecule has 1 aromatic carbocycles. The van der Waals surface area contributed by atoms with Crippen LogP contribution < -0.4 is 10.1 Å². The van der Waals surface area contributed by atoms with E-state index in [1.165, 1.54) is 19.2 Å². The molecule has 1 aromatic heterocycles. The number of amides is 1. The van der Waals surface area contributed by atoms with Gasteiger partial charge in [-0.3, -0.25) is 4.79 Å². The van der Waals surface area contributed by atoms with Gasteiger partial charge < -0.3 is 14.6 Å². The van der Waals surface area contributed by atoms with Gasteiger partial charge in [-0.2, -0.15) is 0 Å². The molecule has 1 N–H and O–H groups in total. The average Bonchev–Trinajstić information content (AvgIpc) is 3.37. The molecule has 0 radical (unpaired) electrons. The van der Waals surface area contributed by atoms with Crippen molar-refractivity contribution in [1.82, 2.24) is 9.88 Å². The predicted octanol–water partition coefficient (Wildman–Crippen LogP) is 4.32. The molecule has 2 aromatic rings. The standard InChI is InChI=1S/C19H21F3N2O2/c1-10-8-14(11(2)24(10)13-5-6-13)19(25)23-17(18(21)22)12-4-7-16(26-3)15(20)9-12/h4,7-9,13,17-18H,5-6H2,1-3H3,(H,23,25)/t17-/m0/s1. The summed E-state index contributed by atoms with van der Waals surface area (Å²) in [6.07, 6.45) is -0.761. The van der Waals surface area contributed by atoms with Gasteiger partial charge in [0.05, 0.1) is 12.7 Å². The average molecular weight is 366 g/mol. The highest BCUT2D eigenvalue weighted by Gasteiger charge is 2.30. The van der Waals surface area contributed by atoms with Crippen molar-refractivity contribution in [3.05, 3.63) is 52.6 Å². The highest BCUT2D eigenvalue weighted by molar-refractivity contribution is 5.96. The van der Waals surface area contributed by atoms with Crippen LogP contribution in [0.2, 0.25) is 0 Å². The van der Waals surface area contributed by atoms with Crippen molar-refractivity contribution in [3.63, 3.8) is 0 Å². The molecule has 1 amide bonds. The number of aryl methyl sites for hydroxylation is 1. The highest BCUT2D eigenvalue weighted by atomic mass is 19.3. The molecule has 26 heavy (non-hydrogen) atoms. The molecular formula is C19H21F3N2O2. The van der Waals surface area contributed by atoms with Gasteiger partial charge in [0.1, 0.15) is 6.04 Å². The van der Waals surface area contributed by atoms with E-state index in [0.29, 0.717) is 11.6 Å². The molecule has 1 aliphatic rings. The quantitative estimate of drug-likeness (QED) is 0.827. The van der Waals surface area contributed by atoms with E-state index in [-0.39, 0.29) is 11.3 Å². The first kappa shape index (κ1) is 18.4. The molecule has 0 aliphatic heterocycles. The molecule has 1 fully saturated rings. The Morgan fingerprint density at radius 3 is 2.50 bits per heavy atom. The van der Waals surface area contributed by atoms with Crippen molar-refractivity contribution in [2.24, 2.45) is 0 Å². The van der Waals surface area contributed by atoms with Crippen LogP contribution in [-0.4, -0.2) is 24.0 Å². The lowest BCUT2D eigenvalue weighted by molar-refractivity contribution is 0.0742. The lowest BCUT2D eigenvalue weighted by Gasteiger charge is -2.19. The summed E-state index contributed by atoms with van der Waals surface area (Å²) in [5, 5.41) is 2.34. The Bertz CT molecular complexity index is 828. The summed E-state index contributed by atoms with van der Waals surface area (Å²) in [5.74, 6) is -1.38. The number of alkyl halides is 2. The topological polar surface area (TPSA) is 43.3 Å². The zero-order valence-corrected chi connectivity index (χ0v) is 14.9. The molecule has 1 saturated carbocycles. The number of nitrogens with zero attached hydrogens (tertiary/aromatic N) is 1. The number of carbonyl (C=O) groups excluding carboxylic acids is 1. The number of benzene rings is 1. The van der Waals surface area contributed by atoms with Crippen LogP contribution in [0.25, 0.3) is 0 Å². The van der Waals surface area contributed by atoms with Crippen LogP contribution in [0.5, 0.6) is 5.75 Å². The van der Waals surface area contributed by atoms with Crippen molar-refractivity contribution < 1.29 is 22.7 Å². The van der Waals surface area contributed by atoms with Crippen molar-refractivity contribution in [2.75, 3.05) is 7.11 Å². The van der Waals surface area contributed by atoms with E-state index in [1.807, 2.05) is 13.8 Å². The number of carbonyl (C=O) groups is 1. The minimum absolute atomic E-state index is 0.0114. The zero-order chi connectivity index (χ0) is 19.0. The van der Waals surface area contributed by atoms with Crippen LogP contribution in [0.15, 0.2) is 24.3 Å². The summed E-state index contributed by atoms with van der Waals surface area (Å²) in [5.41, 5.74) is 2.05. The molecule has 4 nitrogen and oxygen atoms in total. The Morgan fingerprint density at radius 1 is 1.27 bits per heavy atom. The summed E-state index contributed by atoms with van der Waals surface area (Å²) in [7, 11) is 1.29. The molecule has 1 heterocycles. The number of ether oxygens (including phenoxy) is 1. The molecule has 0 bridgehead atoms. The largest absolute Gasteiger partial charge is 0.494 e. The molecule has 1 atom stereocenters. The van der Waals surface area contributed by atoms with Gasteiger partial charge >= 0.3 is 0 Å². The minimum atomic E-state index is -2.88. The normalized spacial score (nSPS) is 15.2. The van der Waals surface area contributed by atoms with Crippen molar-refractivity contribution in [2.45, 2.75) is 45.2 Å². The van der Waals surface area contributed by atoms with Crippen molar-refractivity contribution in [1.29, 1.82) is 0 Å². The molecule has 1 aliphatic carbocycles. The first-order chi connectivity index (χ1) is 12.3. The zero-order valence-electron chi connectivity index (χ0n) is 14.9. The van der Waals surface area contributed by atoms with Gasteiger partial charge in [0.15, 0.2) is 11.6 Å². The lowest BCUT2D eigenvalue weighted by atomic mass is 10.1. The molecular weight excluding hydrogens is 345 g/mol. The van der Waals surface area contributed by atoms with Crippen molar-refractivity contribution >= 4 is 5.91 Å². The van der Waals surface area contributed by atoms with Gasteiger partial charge in [0, 0.05) is 17.4 Å². The molecule has 7 heteroatoms. The van der Waals surface area contributed by atoms with Gasteiger partial charge in [-0.1, -0.05) is 6.07 Å². The number of rotatable bonds is 6. The Morgan fingerprint density at radius 2 is 1.96 bits per heavy atom. The molecule has 0 spiro atoms. The van der Waals surface area contributed by atoms with E-state index < -0.39 is 24.2 Å². The monoisotopic (exact) mass is 366 g/mol. The second kappa shape index (κ2) is 7.05. The summed E-state index contributed by atoms with van der Waals surface area (Å²) in [4.78, 5) is 12.6. The Hall–Kier alpha value is -2.44. The molecule has 0 saturated heterocycles. The van der Waals surface area contributed by atoms with Crippen molar-refractivity contribution in [3.8, 4) is 5.75 Å². The number of methoxy groups -OCH3 is 1. The lowest BCUT2D eigenvalue weighted by Crippen LogP contribution is -2.33. The number of hydrogen-bond donors (Lipinski definition) is 1. The van der Waals surface area contributed by atoms with E-state index in [9.17, 15) is 18.0 Å². The van der Waals surface area contributed by atoms with Gasteiger partial charge in [-0.15, -0.1) is 0 Å². The van der Waals surface area contributed by atoms with E-state index >= 15 is 0 Å². The fourth-order valence-corrected chi connectivity index (χ4v) is 3.29. The second-order valence-electron chi connectivity index (χ2n) is 6.57. The van der Waals surface area contributed by atoms with E-state index in [2.05, 4.69) is 9.88 Å².